The number of hydrogen-bond acceptors (Lipinski definition) is 5. The van der Waals surface area contributed by atoms with Crippen LogP contribution in [0.5, 0.6) is 0 Å². The number of carbonyl (C=O) groups is 1. The number of nitrogens with one attached hydrogen (secondary N) is 1. The van der Waals surface area contributed by atoms with Gasteiger partial charge in [-0.2, -0.15) is 0 Å². The molecule has 6 heteroatoms. The Morgan fingerprint density at radius 1 is 0.714 bits per heavy atom. The zero-order valence-electron chi connectivity index (χ0n) is 24.8. The fraction of sp³-hybridized carbons (Fsp3) is 0.306. The van der Waals surface area contributed by atoms with Crippen LogP contribution in [0, 0.1) is 0 Å². The fourth-order valence-corrected chi connectivity index (χ4v) is 5.45. The molecule has 0 saturated heterocycles. The second-order valence-electron chi connectivity index (χ2n) is 11.1. The van der Waals surface area contributed by atoms with E-state index in [-0.39, 0.29) is 5.78 Å². The second kappa shape index (κ2) is 14.7. The number of fused-ring (bicyclic) bond motifs is 1. The molecule has 5 rings (SSSR count). The summed E-state index contributed by atoms with van der Waals surface area (Å²) in [6.07, 6.45) is 6.36. The lowest BCUT2D eigenvalue weighted by Crippen LogP contribution is -2.24. The Bertz CT molecular complexity index is 1540. The van der Waals surface area contributed by atoms with E-state index in [1.807, 2.05) is 30.5 Å². The molecule has 3 aromatic carbocycles. The number of aromatic nitrogens is 3. The van der Waals surface area contributed by atoms with Crippen molar-refractivity contribution in [1.82, 2.24) is 24.8 Å². The number of ketones is 1. The molecular weight excluding hydrogens is 518 g/mol. The van der Waals surface area contributed by atoms with E-state index >= 15 is 0 Å². The number of aromatic amines is 1. The van der Waals surface area contributed by atoms with Crippen LogP contribution in [-0.2, 0) is 32.6 Å². The molecule has 0 fully saturated rings. The molecule has 0 saturated carbocycles. The van der Waals surface area contributed by atoms with Crippen molar-refractivity contribution in [3.8, 4) is 0 Å². The molecule has 6 nitrogen and oxygen atoms in total. The first-order chi connectivity index (χ1) is 20.6. The van der Waals surface area contributed by atoms with Crippen LogP contribution in [0.15, 0.2) is 97.3 Å². The monoisotopic (exact) mass is 559 g/mol. The first-order valence-corrected chi connectivity index (χ1v) is 15.1. The number of rotatable bonds is 15. The summed E-state index contributed by atoms with van der Waals surface area (Å²) in [7, 11) is 0. The number of para-hydroxylation sites is 1. The SMILES string of the molecule is CCCN(CCC)Cc1ccc(CC(=O)c2ccc(CN(Cc3ccc4ccccc4n3)Cc3ncc[nH]3)cc2)cc1. The van der Waals surface area contributed by atoms with E-state index in [2.05, 4.69) is 94.3 Å². The first-order valence-electron chi connectivity index (χ1n) is 15.1. The van der Waals surface area contributed by atoms with Crippen molar-refractivity contribution < 1.29 is 4.79 Å². The molecule has 5 aromatic rings. The van der Waals surface area contributed by atoms with E-state index in [0.717, 1.165) is 78.1 Å². The number of pyridine rings is 1. The Kier molecular flexibility index (Phi) is 10.3. The third-order valence-corrected chi connectivity index (χ3v) is 7.53. The third kappa shape index (κ3) is 8.21. The predicted molar refractivity (Wildman–Crippen MR) is 170 cm³/mol. The normalized spacial score (nSPS) is 11.5. The lowest BCUT2D eigenvalue weighted by atomic mass is 10.0. The summed E-state index contributed by atoms with van der Waals surface area (Å²) in [5.41, 5.74) is 6.26. The number of imidazole rings is 1. The molecule has 0 aliphatic carbocycles. The van der Waals surface area contributed by atoms with Crippen LogP contribution >= 0.6 is 0 Å². The van der Waals surface area contributed by atoms with Gasteiger partial charge in [0.2, 0.25) is 0 Å². The van der Waals surface area contributed by atoms with Crippen LogP contribution < -0.4 is 0 Å². The smallest absolute Gasteiger partial charge is 0.167 e. The average molecular weight is 560 g/mol. The number of H-pyrrole nitrogens is 1. The van der Waals surface area contributed by atoms with E-state index in [4.69, 9.17) is 4.98 Å². The van der Waals surface area contributed by atoms with Crippen LogP contribution in [0.25, 0.3) is 10.9 Å². The van der Waals surface area contributed by atoms with Crippen molar-refractivity contribution in [2.24, 2.45) is 0 Å². The van der Waals surface area contributed by atoms with E-state index in [9.17, 15) is 4.79 Å². The van der Waals surface area contributed by atoms with E-state index in [0.29, 0.717) is 19.5 Å². The zero-order valence-corrected chi connectivity index (χ0v) is 24.8. The lowest BCUT2D eigenvalue weighted by molar-refractivity contribution is 0.0993. The van der Waals surface area contributed by atoms with Crippen molar-refractivity contribution in [2.45, 2.75) is 59.3 Å². The van der Waals surface area contributed by atoms with Crippen LogP contribution in [0.1, 0.15) is 65.3 Å². The highest BCUT2D eigenvalue weighted by Crippen LogP contribution is 2.17. The number of nitrogens with zero attached hydrogens (tertiary/aromatic N) is 4. The molecule has 0 aliphatic rings. The number of benzene rings is 3. The van der Waals surface area contributed by atoms with Gasteiger partial charge in [-0.15, -0.1) is 0 Å². The maximum Gasteiger partial charge on any atom is 0.167 e. The summed E-state index contributed by atoms with van der Waals surface area (Å²) in [6, 6.07) is 29.0. The molecule has 0 aliphatic heterocycles. The van der Waals surface area contributed by atoms with Gasteiger partial charge in [0.15, 0.2) is 5.78 Å². The maximum atomic E-state index is 13.1. The molecule has 216 valence electrons. The molecule has 0 amide bonds. The van der Waals surface area contributed by atoms with Crippen molar-refractivity contribution in [2.75, 3.05) is 13.1 Å². The Balaban J connectivity index is 1.21. The van der Waals surface area contributed by atoms with E-state index in [1.54, 1.807) is 6.20 Å². The van der Waals surface area contributed by atoms with Gasteiger partial charge in [-0.25, -0.2) is 4.98 Å². The van der Waals surface area contributed by atoms with Gasteiger partial charge in [-0.3, -0.25) is 19.6 Å². The lowest BCUT2D eigenvalue weighted by Gasteiger charge is -2.21. The molecule has 0 atom stereocenters. The second-order valence-corrected chi connectivity index (χ2v) is 11.1. The molecule has 0 radical (unpaired) electrons. The summed E-state index contributed by atoms with van der Waals surface area (Å²) in [6.45, 7) is 9.73. The molecule has 0 unspecified atom stereocenters. The Morgan fingerprint density at radius 3 is 2.07 bits per heavy atom. The largest absolute Gasteiger partial charge is 0.348 e. The van der Waals surface area contributed by atoms with Crippen LogP contribution in [-0.4, -0.2) is 43.6 Å². The summed E-state index contributed by atoms with van der Waals surface area (Å²) < 4.78 is 0. The Morgan fingerprint density at radius 2 is 1.38 bits per heavy atom. The van der Waals surface area contributed by atoms with Crippen molar-refractivity contribution in [3.05, 3.63) is 131 Å². The van der Waals surface area contributed by atoms with Gasteiger partial charge in [0.05, 0.1) is 17.8 Å². The Hall–Kier alpha value is -4.13. The van der Waals surface area contributed by atoms with Gasteiger partial charge in [0.25, 0.3) is 0 Å². The first kappa shape index (κ1) is 29.4. The molecule has 42 heavy (non-hydrogen) atoms. The molecule has 0 bridgehead atoms. The predicted octanol–water partition coefficient (Wildman–Crippen LogP) is 7.21. The Labute approximate surface area is 249 Å². The van der Waals surface area contributed by atoms with E-state index in [1.165, 1.54) is 5.56 Å². The van der Waals surface area contributed by atoms with Gasteiger partial charge in [0.1, 0.15) is 5.82 Å². The summed E-state index contributed by atoms with van der Waals surface area (Å²) in [5, 5.41) is 1.14. The van der Waals surface area contributed by atoms with Crippen LogP contribution in [0.4, 0.5) is 0 Å². The minimum absolute atomic E-state index is 0.140. The molecule has 1 N–H and O–H groups in total. The number of hydrogen-bond donors (Lipinski definition) is 1. The molecule has 0 spiro atoms. The maximum absolute atomic E-state index is 13.1. The highest BCUT2D eigenvalue weighted by Gasteiger charge is 2.13. The summed E-state index contributed by atoms with van der Waals surface area (Å²) in [5.74, 6) is 1.05. The number of Topliss-reactive ketones (excluding diaryl/α,β-unsaturated/α-hetero) is 1. The number of carbonyl (C=O) groups excluding carboxylic acids is 1. The standard InChI is InChI=1S/C36H41N5O/c1-3-21-40(22-4-2)24-29-11-9-28(10-12-29)23-35(42)32-15-13-30(14-16-32)25-41(27-36-37-19-20-38-36)26-33-18-17-31-7-5-6-8-34(31)39-33/h5-20H,3-4,21-27H2,1-2H3,(H,37,38). The third-order valence-electron chi connectivity index (χ3n) is 7.53. The van der Waals surface area contributed by atoms with Crippen LogP contribution in [0.3, 0.4) is 0 Å². The highest BCUT2D eigenvalue weighted by atomic mass is 16.1. The summed E-state index contributed by atoms with van der Waals surface area (Å²) in [4.78, 5) is 30.4. The topological polar surface area (TPSA) is 65.1 Å². The van der Waals surface area contributed by atoms with Crippen molar-refractivity contribution >= 4 is 16.7 Å². The molecular formula is C36H41N5O. The van der Waals surface area contributed by atoms with Gasteiger partial charge < -0.3 is 4.98 Å². The van der Waals surface area contributed by atoms with Gasteiger partial charge in [-0.05, 0) is 54.8 Å². The van der Waals surface area contributed by atoms with Crippen molar-refractivity contribution in [1.29, 1.82) is 0 Å². The van der Waals surface area contributed by atoms with Crippen LogP contribution in [0.2, 0.25) is 0 Å². The van der Waals surface area contributed by atoms with Gasteiger partial charge >= 0.3 is 0 Å². The minimum atomic E-state index is 0.140. The average Bonchev–Trinajstić information content (AvgIpc) is 3.52. The summed E-state index contributed by atoms with van der Waals surface area (Å²) >= 11 is 0. The van der Waals surface area contributed by atoms with Gasteiger partial charge in [0, 0.05) is 49.4 Å². The highest BCUT2D eigenvalue weighted by molar-refractivity contribution is 5.97. The molecule has 2 aromatic heterocycles. The fourth-order valence-electron chi connectivity index (χ4n) is 5.45. The minimum Gasteiger partial charge on any atom is -0.348 e. The zero-order chi connectivity index (χ0) is 29.1. The van der Waals surface area contributed by atoms with Crippen molar-refractivity contribution in [3.63, 3.8) is 0 Å². The van der Waals surface area contributed by atoms with E-state index < -0.39 is 0 Å². The molecule has 2 heterocycles. The quantitative estimate of drug-likeness (QED) is 0.137. The van der Waals surface area contributed by atoms with Gasteiger partial charge in [-0.1, -0.05) is 86.6 Å².